The summed E-state index contributed by atoms with van der Waals surface area (Å²) in [5, 5.41) is 33.7. The van der Waals surface area contributed by atoms with Gasteiger partial charge in [0.05, 0.1) is 17.8 Å². The second-order valence-electron chi connectivity index (χ2n) is 13.1. The van der Waals surface area contributed by atoms with Gasteiger partial charge in [-0.05, 0) is 90.9 Å². The second kappa shape index (κ2) is 7.95. The number of aliphatic hydroxyl groups is 3. The van der Waals surface area contributed by atoms with Crippen LogP contribution in [-0.4, -0.2) is 33.1 Å². The number of aliphatic hydroxyl groups excluding tert-OH is 2. The molecule has 0 aromatic heterocycles. The maximum atomic E-state index is 12.3. The first kappa shape index (κ1) is 24.5. The molecule has 32 heavy (non-hydrogen) atoms. The van der Waals surface area contributed by atoms with E-state index in [0.717, 1.165) is 44.1 Å². The van der Waals surface area contributed by atoms with Crippen molar-refractivity contribution in [1.82, 2.24) is 0 Å². The molecule has 0 radical (unpaired) electrons. The average Bonchev–Trinajstić information content (AvgIpc) is 3.01. The second-order valence-corrected chi connectivity index (χ2v) is 13.1. The Morgan fingerprint density at radius 2 is 1.59 bits per heavy atom. The fraction of sp³-hybridized carbons (Fsp3) is 0.862. The topological polar surface area (TPSA) is 60.7 Å². The van der Waals surface area contributed by atoms with E-state index >= 15 is 0 Å². The van der Waals surface area contributed by atoms with Crippen molar-refractivity contribution < 1.29 is 15.3 Å². The lowest BCUT2D eigenvalue weighted by Crippen LogP contribution is -2.64. The van der Waals surface area contributed by atoms with Gasteiger partial charge in [0, 0.05) is 5.41 Å². The van der Waals surface area contributed by atoms with Crippen molar-refractivity contribution in [2.24, 2.45) is 45.8 Å². The van der Waals surface area contributed by atoms with Crippen molar-refractivity contribution in [3.05, 3.63) is 23.8 Å². The van der Waals surface area contributed by atoms with E-state index in [1.165, 1.54) is 0 Å². The van der Waals surface area contributed by atoms with E-state index in [9.17, 15) is 15.3 Å². The van der Waals surface area contributed by atoms with Crippen LogP contribution in [0.4, 0.5) is 0 Å². The molecule has 0 aliphatic heterocycles. The summed E-state index contributed by atoms with van der Waals surface area (Å²) in [6, 6.07) is 0. The number of allylic oxidation sites excluding steroid dienone is 2. The summed E-state index contributed by atoms with van der Waals surface area (Å²) in [6.45, 7) is 16.4. The zero-order chi connectivity index (χ0) is 23.7. The summed E-state index contributed by atoms with van der Waals surface area (Å²) in [4.78, 5) is 0. The van der Waals surface area contributed by atoms with Crippen LogP contribution in [0.15, 0.2) is 23.8 Å². The van der Waals surface area contributed by atoms with E-state index in [4.69, 9.17) is 0 Å². The lowest BCUT2D eigenvalue weighted by Gasteiger charge is -2.64. The number of hydrogen-bond donors (Lipinski definition) is 3. The summed E-state index contributed by atoms with van der Waals surface area (Å²) in [5.41, 5.74) is 0.224. The molecule has 0 saturated heterocycles. The fourth-order valence-corrected chi connectivity index (χ4v) is 8.32. The van der Waals surface area contributed by atoms with Crippen LogP contribution in [0.2, 0.25) is 0 Å². The molecule has 3 nitrogen and oxygen atoms in total. The third kappa shape index (κ3) is 3.24. The van der Waals surface area contributed by atoms with E-state index in [-0.39, 0.29) is 28.3 Å². The average molecular weight is 445 g/mol. The molecule has 10 atom stereocenters. The summed E-state index contributed by atoms with van der Waals surface area (Å²) < 4.78 is 0. The Labute approximate surface area is 196 Å². The first-order chi connectivity index (χ1) is 14.8. The van der Waals surface area contributed by atoms with Gasteiger partial charge < -0.3 is 15.3 Å². The Morgan fingerprint density at radius 1 is 0.906 bits per heavy atom. The van der Waals surface area contributed by atoms with Gasteiger partial charge >= 0.3 is 0 Å². The molecule has 1 unspecified atom stereocenters. The molecule has 4 aliphatic rings. The van der Waals surface area contributed by atoms with Crippen molar-refractivity contribution in [3.8, 4) is 0 Å². The molecule has 4 aliphatic carbocycles. The zero-order valence-electron chi connectivity index (χ0n) is 21.6. The van der Waals surface area contributed by atoms with Crippen LogP contribution in [0.3, 0.4) is 0 Å². The Hall–Kier alpha value is -0.640. The molecule has 4 rings (SSSR count). The molecule has 0 amide bonds. The maximum Gasteiger partial charge on any atom is 0.0917 e. The summed E-state index contributed by atoms with van der Waals surface area (Å²) in [6.07, 6.45) is 12.2. The maximum absolute atomic E-state index is 12.3. The van der Waals surface area contributed by atoms with Gasteiger partial charge in [-0.25, -0.2) is 0 Å². The van der Waals surface area contributed by atoms with Gasteiger partial charge in [-0.15, -0.1) is 0 Å². The van der Waals surface area contributed by atoms with E-state index in [0.29, 0.717) is 30.1 Å². The van der Waals surface area contributed by atoms with Crippen molar-refractivity contribution in [3.63, 3.8) is 0 Å². The van der Waals surface area contributed by atoms with Gasteiger partial charge in [0.1, 0.15) is 0 Å². The third-order valence-corrected chi connectivity index (χ3v) is 11.7. The number of rotatable bonds is 4. The van der Waals surface area contributed by atoms with Crippen LogP contribution in [0.1, 0.15) is 93.4 Å². The first-order valence-corrected chi connectivity index (χ1v) is 13.3. The van der Waals surface area contributed by atoms with E-state index < -0.39 is 11.7 Å². The van der Waals surface area contributed by atoms with Gasteiger partial charge in [0.15, 0.2) is 0 Å². The van der Waals surface area contributed by atoms with E-state index in [1.54, 1.807) is 0 Å². The predicted molar refractivity (Wildman–Crippen MR) is 131 cm³/mol. The van der Waals surface area contributed by atoms with Gasteiger partial charge in [-0.1, -0.05) is 66.7 Å². The fourth-order valence-electron chi connectivity index (χ4n) is 8.32. The van der Waals surface area contributed by atoms with Crippen LogP contribution in [-0.2, 0) is 0 Å². The summed E-state index contributed by atoms with van der Waals surface area (Å²) >= 11 is 0. The highest BCUT2D eigenvalue weighted by Gasteiger charge is 2.68. The van der Waals surface area contributed by atoms with Gasteiger partial charge in [0.25, 0.3) is 0 Å². The van der Waals surface area contributed by atoms with Gasteiger partial charge in [0.2, 0.25) is 0 Å². The molecule has 0 heterocycles. The lowest BCUT2D eigenvalue weighted by molar-refractivity contribution is -0.179. The molecule has 3 heteroatoms. The lowest BCUT2D eigenvalue weighted by atomic mass is 9.43. The Balaban J connectivity index is 1.68. The quantitative estimate of drug-likeness (QED) is 0.474. The van der Waals surface area contributed by atoms with Crippen molar-refractivity contribution >= 4 is 0 Å². The summed E-state index contributed by atoms with van der Waals surface area (Å²) in [7, 11) is 0. The molecule has 0 bridgehead atoms. The monoisotopic (exact) mass is 444 g/mol. The minimum atomic E-state index is -0.850. The van der Waals surface area contributed by atoms with Crippen LogP contribution < -0.4 is 0 Å². The highest BCUT2D eigenvalue weighted by Crippen LogP contribution is 2.71. The molecule has 3 N–H and O–H groups in total. The van der Waals surface area contributed by atoms with Crippen LogP contribution >= 0.6 is 0 Å². The molecule has 3 saturated carbocycles. The zero-order valence-corrected chi connectivity index (χ0v) is 21.6. The largest absolute Gasteiger partial charge is 0.393 e. The molecule has 0 aromatic rings. The minimum absolute atomic E-state index is 0.0588. The van der Waals surface area contributed by atoms with Crippen LogP contribution in [0, 0.1) is 45.8 Å². The normalized spacial score (nSPS) is 50.5. The summed E-state index contributed by atoms with van der Waals surface area (Å²) in [5.74, 6) is 1.98. The Kier molecular flexibility index (Phi) is 6.09. The first-order valence-electron chi connectivity index (χ1n) is 13.3. The predicted octanol–water partition coefficient (Wildman–Crippen LogP) is 5.89. The van der Waals surface area contributed by atoms with Crippen molar-refractivity contribution in [1.29, 1.82) is 0 Å². The molecule has 0 spiro atoms. The highest BCUT2D eigenvalue weighted by molar-refractivity contribution is 5.38. The van der Waals surface area contributed by atoms with Crippen molar-refractivity contribution in [2.45, 2.75) is 111 Å². The van der Waals surface area contributed by atoms with Crippen molar-refractivity contribution in [2.75, 3.05) is 0 Å². The molecule has 0 aromatic carbocycles. The standard InChI is InChI=1S/C29H48O3/c1-18(2)19(3)8-9-20(4)26(5)13-11-22-23-17-25(31)24-16-21(30)10-12-28(24,7)29(23,32)15-14-27(22,26)6/h8-9,17-22,24-25,30-32H,10-16H2,1-7H3/b9-8+/t19-,20+,21-,22-,24?,25+,26+,27-,28-,29-/m0/s1. The minimum Gasteiger partial charge on any atom is -0.393 e. The number of hydrogen-bond acceptors (Lipinski definition) is 3. The number of fused-ring (bicyclic) bond motifs is 5. The van der Waals surface area contributed by atoms with Gasteiger partial charge in [-0.2, -0.15) is 0 Å². The van der Waals surface area contributed by atoms with Crippen LogP contribution in [0.5, 0.6) is 0 Å². The molecular weight excluding hydrogens is 396 g/mol. The molecule has 3 fully saturated rings. The Bertz CT molecular complexity index is 785. The molecular formula is C29H48O3. The van der Waals surface area contributed by atoms with Crippen LogP contribution in [0.25, 0.3) is 0 Å². The smallest absolute Gasteiger partial charge is 0.0917 e. The highest BCUT2D eigenvalue weighted by atomic mass is 16.3. The third-order valence-electron chi connectivity index (χ3n) is 11.7. The molecule has 182 valence electrons. The SMILES string of the molecule is CC(C)[C@@H](C)/C=C/[C@@H](C)[C@@]1(C)CC[C@H]2C3=C[C@@H](O)C4C[C@@H](O)CC[C@]4(C)[C@]3(O)CC[C@@]21C. The van der Waals surface area contributed by atoms with E-state index in [1.807, 2.05) is 6.08 Å². The Morgan fingerprint density at radius 3 is 2.25 bits per heavy atom. The van der Waals surface area contributed by atoms with E-state index in [2.05, 4.69) is 60.6 Å². The van der Waals surface area contributed by atoms with Gasteiger partial charge in [-0.3, -0.25) is 0 Å².